The van der Waals surface area contributed by atoms with Crippen LogP contribution in [0.4, 0.5) is 0 Å². The Labute approximate surface area is 154 Å². The zero-order chi connectivity index (χ0) is 11.7. The molecule has 1 aliphatic carbocycles. The largest absolute Gasteiger partial charge is 1.00 e. The van der Waals surface area contributed by atoms with Crippen LogP contribution < -0.4 is 51.4 Å². The number of hydroxylamine groups is 2. The summed E-state index contributed by atoms with van der Waals surface area (Å²) in [6.07, 6.45) is 1.05. The molecule has 17 heavy (non-hydrogen) atoms. The van der Waals surface area contributed by atoms with E-state index in [1.807, 2.05) is 12.1 Å². The molecule has 0 heterocycles. The average Bonchev–Trinajstić information content (AvgIpc) is 2.98. The van der Waals surface area contributed by atoms with Crippen molar-refractivity contribution in [2.24, 2.45) is 5.92 Å². The van der Waals surface area contributed by atoms with Gasteiger partial charge in [-0.3, -0.25) is 10.0 Å². The van der Waals surface area contributed by atoms with E-state index in [9.17, 15) is 10.0 Å². The van der Waals surface area contributed by atoms with Gasteiger partial charge in [-0.25, -0.2) is 5.06 Å². The predicted molar refractivity (Wildman–Crippen MR) is 65.3 cm³/mol. The normalized spacial score (nSPS) is 21.6. The summed E-state index contributed by atoms with van der Waals surface area (Å²) < 4.78 is 1.07. The van der Waals surface area contributed by atoms with Crippen LogP contribution in [0.3, 0.4) is 0 Å². The molecule has 1 saturated carbocycles. The molecule has 1 N–H and O–H groups in total. The van der Waals surface area contributed by atoms with Gasteiger partial charge in [0.05, 0.1) is 6.54 Å². The molecule has 1 aromatic carbocycles. The summed E-state index contributed by atoms with van der Waals surface area (Å²) in [7, 11) is 0. The molecule has 0 aromatic heterocycles. The summed E-state index contributed by atoms with van der Waals surface area (Å²) >= 11 is 3.40. The van der Waals surface area contributed by atoms with E-state index in [4.69, 9.17) is 0 Å². The van der Waals surface area contributed by atoms with Crippen molar-refractivity contribution in [2.75, 3.05) is 6.54 Å². The molecular weight excluding hydrogens is 309 g/mol. The molecular formula is C12H15BrKNO2. The first-order chi connectivity index (χ1) is 7.58. The van der Waals surface area contributed by atoms with Crippen molar-refractivity contribution in [3.05, 3.63) is 34.3 Å². The van der Waals surface area contributed by atoms with E-state index < -0.39 is 0 Å². The van der Waals surface area contributed by atoms with Gasteiger partial charge in [0.1, 0.15) is 0 Å². The van der Waals surface area contributed by atoms with Gasteiger partial charge in [-0.15, -0.1) is 0 Å². The maximum Gasteiger partial charge on any atom is 1.00 e. The molecule has 0 saturated heterocycles. The quantitative estimate of drug-likeness (QED) is 0.480. The second kappa shape index (κ2) is 6.79. The Morgan fingerprint density at radius 1 is 1.53 bits per heavy atom. The average molecular weight is 324 g/mol. The summed E-state index contributed by atoms with van der Waals surface area (Å²) in [5, 5.41) is 10.1. The van der Waals surface area contributed by atoms with Crippen LogP contribution in [-0.4, -0.2) is 22.7 Å². The Bertz CT molecular complexity index is 402. The van der Waals surface area contributed by atoms with Gasteiger partial charge in [0, 0.05) is 11.4 Å². The summed E-state index contributed by atoms with van der Waals surface area (Å²) in [5.41, 5.74) is 1.28. The molecule has 1 aliphatic rings. The molecule has 88 valence electrons. The minimum Gasteiger partial charge on any atom is -1.00 e. The molecule has 0 bridgehead atoms. The molecule has 0 unspecified atom stereocenters. The van der Waals surface area contributed by atoms with Crippen molar-refractivity contribution >= 4 is 21.8 Å². The van der Waals surface area contributed by atoms with Crippen molar-refractivity contribution in [2.45, 2.75) is 19.3 Å². The van der Waals surface area contributed by atoms with Crippen molar-refractivity contribution in [1.82, 2.24) is 5.06 Å². The van der Waals surface area contributed by atoms with E-state index in [2.05, 4.69) is 28.1 Å². The third kappa shape index (κ3) is 4.42. The molecule has 0 spiro atoms. The molecule has 3 nitrogen and oxygen atoms in total. The first-order valence-electron chi connectivity index (χ1n) is 5.30. The van der Waals surface area contributed by atoms with Crippen LogP contribution in [0.15, 0.2) is 28.7 Å². The van der Waals surface area contributed by atoms with E-state index in [0.717, 1.165) is 16.0 Å². The first kappa shape index (κ1) is 15.8. The van der Waals surface area contributed by atoms with Crippen LogP contribution >= 0.6 is 15.9 Å². The van der Waals surface area contributed by atoms with Crippen molar-refractivity contribution in [1.29, 1.82) is 0 Å². The van der Waals surface area contributed by atoms with Gasteiger partial charge in [-0.2, -0.15) is 0 Å². The first-order valence-corrected chi connectivity index (χ1v) is 6.09. The summed E-state index contributed by atoms with van der Waals surface area (Å²) in [6.45, 7) is 1.81. The van der Waals surface area contributed by atoms with E-state index in [1.54, 1.807) is 0 Å². The Morgan fingerprint density at radius 3 is 2.65 bits per heavy atom. The molecule has 1 fully saturated rings. The Kier molecular flexibility index (Phi) is 6.32. The fraction of sp³-hybridized carbons (Fsp3) is 0.417. The van der Waals surface area contributed by atoms with E-state index >= 15 is 0 Å². The zero-order valence-electron chi connectivity index (χ0n) is 11.1. The second-order valence-corrected chi connectivity index (χ2v) is 5.17. The van der Waals surface area contributed by atoms with E-state index in [0.29, 0.717) is 18.4 Å². The Hall–Kier alpha value is 0.766. The minimum atomic E-state index is -0.290. The monoisotopic (exact) mass is 323 g/mol. The van der Waals surface area contributed by atoms with Crippen molar-refractivity contribution in [3.8, 4) is 0 Å². The van der Waals surface area contributed by atoms with Gasteiger partial charge in [0.15, 0.2) is 0 Å². The van der Waals surface area contributed by atoms with Crippen LogP contribution in [0.5, 0.6) is 0 Å². The van der Waals surface area contributed by atoms with E-state index in [-0.39, 0.29) is 58.7 Å². The SMILES string of the molecule is CC(=O)N(O)C[C@@H]1C[C@H]1c1ccc(Br)cc1.[H-].[K+]. The van der Waals surface area contributed by atoms with E-state index in [1.165, 1.54) is 12.5 Å². The Balaban J connectivity index is 0.00000144. The summed E-state index contributed by atoms with van der Waals surface area (Å²) in [4.78, 5) is 10.9. The minimum absolute atomic E-state index is 0. The Morgan fingerprint density at radius 2 is 2.12 bits per heavy atom. The summed E-state index contributed by atoms with van der Waals surface area (Å²) in [6, 6.07) is 8.22. The summed E-state index contributed by atoms with van der Waals surface area (Å²) in [5.74, 6) is 0.596. The number of carbonyl (C=O) groups is 1. The second-order valence-electron chi connectivity index (χ2n) is 4.25. The number of carbonyl (C=O) groups excluding carboxylic acids is 1. The molecule has 0 aliphatic heterocycles. The van der Waals surface area contributed by atoms with Crippen LogP contribution in [0.2, 0.25) is 0 Å². The van der Waals surface area contributed by atoms with Crippen LogP contribution in [0.1, 0.15) is 26.3 Å². The topological polar surface area (TPSA) is 40.5 Å². The molecule has 5 heteroatoms. The van der Waals surface area contributed by atoms with Gasteiger partial charge >= 0.3 is 51.4 Å². The number of nitrogens with zero attached hydrogens (tertiary/aromatic N) is 1. The smallest absolute Gasteiger partial charge is 1.00 e. The molecule has 1 aromatic rings. The fourth-order valence-corrected chi connectivity index (χ4v) is 2.18. The standard InChI is InChI=1S/C12H14BrNO2.K.H/c1-8(15)14(16)7-10-6-12(10)9-2-4-11(13)5-3-9;;/h2-5,10,12,16H,6-7H2,1H3;;/q;+1;-1/t10-,12-;;/m0../s1. The zero-order valence-corrected chi connectivity index (χ0v) is 14.8. The van der Waals surface area contributed by atoms with Gasteiger partial charge in [-0.05, 0) is 36.0 Å². The van der Waals surface area contributed by atoms with Gasteiger partial charge in [0.25, 0.3) is 0 Å². The number of benzene rings is 1. The van der Waals surface area contributed by atoms with Crippen molar-refractivity contribution < 1.29 is 62.8 Å². The van der Waals surface area contributed by atoms with Gasteiger partial charge in [0.2, 0.25) is 5.91 Å². The third-order valence-corrected chi connectivity index (χ3v) is 3.52. The molecule has 2 rings (SSSR count). The maximum atomic E-state index is 10.9. The molecule has 0 radical (unpaired) electrons. The number of rotatable bonds is 3. The maximum absolute atomic E-state index is 10.9. The van der Waals surface area contributed by atoms with Crippen molar-refractivity contribution in [3.63, 3.8) is 0 Å². The molecule has 1 amide bonds. The van der Waals surface area contributed by atoms with Gasteiger partial charge in [-0.1, -0.05) is 28.1 Å². The van der Waals surface area contributed by atoms with Crippen LogP contribution in [0.25, 0.3) is 0 Å². The van der Waals surface area contributed by atoms with Crippen LogP contribution in [-0.2, 0) is 4.79 Å². The predicted octanol–water partition coefficient (Wildman–Crippen LogP) is -0.0932. The molecule has 2 atom stereocenters. The number of amides is 1. The van der Waals surface area contributed by atoms with Crippen LogP contribution in [0, 0.1) is 5.92 Å². The fourth-order valence-electron chi connectivity index (χ4n) is 1.92. The third-order valence-electron chi connectivity index (χ3n) is 2.99. The number of halogens is 1. The number of hydrogen-bond acceptors (Lipinski definition) is 2. The van der Waals surface area contributed by atoms with Gasteiger partial charge < -0.3 is 1.43 Å². The number of hydrogen-bond donors (Lipinski definition) is 1.